The highest BCUT2D eigenvalue weighted by molar-refractivity contribution is 5.91. The Morgan fingerprint density at radius 2 is 2.11 bits per heavy atom. The average molecular weight is 263 g/mol. The quantitative estimate of drug-likeness (QED) is 0.881. The Labute approximate surface area is 111 Å². The third kappa shape index (κ3) is 3.53. The van der Waals surface area contributed by atoms with E-state index in [1.165, 1.54) is 13.1 Å². The van der Waals surface area contributed by atoms with E-state index < -0.39 is 5.97 Å². The van der Waals surface area contributed by atoms with Gasteiger partial charge in [0.15, 0.2) is 0 Å². The number of ketones is 1. The maximum Gasteiger partial charge on any atom is 0.337 e. The molecule has 0 atom stereocenters. The van der Waals surface area contributed by atoms with Gasteiger partial charge in [0.25, 0.3) is 0 Å². The predicted octanol–water partition coefficient (Wildman–Crippen LogP) is 2.23. The van der Waals surface area contributed by atoms with Gasteiger partial charge in [0.2, 0.25) is 5.88 Å². The van der Waals surface area contributed by atoms with Crippen LogP contribution in [-0.2, 0) is 11.2 Å². The van der Waals surface area contributed by atoms with Crippen LogP contribution >= 0.6 is 0 Å². The second-order valence-corrected chi connectivity index (χ2v) is 4.89. The fourth-order valence-corrected chi connectivity index (χ4v) is 2.32. The number of carbonyl (C=O) groups excluding carboxylic acids is 1. The van der Waals surface area contributed by atoms with Crippen molar-refractivity contribution in [2.75, 3.05) is 0 Å². The van der Waals surface area contributed by atoms with Crippen molar-refractivity contribution in [2.45, 2.75) is 45.1 Å². The SMILES string of the molecule is CC(=O)Cc1cc(OC2CCCC2)ncc1C(=O)O. The molecular weight excluding hydrogens is 246 g/mol. The van der Waals surface area contributed by atoms with Gasteiger partial charge in [-0.25, -0.2) is 9.78 Å². The van der Waals surface area contributed by atoms with Crippen molar-refractivity contribution in [3.63, 3.8) is 0 Å². The molecule has 0 radical (unpaired) electrons. The van der Waals surface area contributed by atoms with Gasteiger partial charge in [-0.2, -0.15) is 0 Å². The summed E-state index contributed by atoms with van der Waals surface area (Å²) in [6, 6.07) is 1.57. The van der Waals surface area contributed by atoms with Gasteiger partial charge in [-0.05, 0) is 38.2 Å². The third-order valence-electron chi connectivity index (χ3n) is 3.22. The minimum absolute atomic E-state index is 0.0639. The standard InChI is InChI=1S/C14H17NO4/c1-9(16)6-10-7-13(15-8-12(10)14(17)18)19-11-4-2-3-5-11/h7-8,11H,2-6H2,1H3,(H,17,18). The van der Waals surface area contributed by atoms with E-state index in [0.29, 0.717) is 11.4 Å². The van der Waals surface area contributed by atoms with Crippen molar-refractivity contribution >= 4 is 11.8 Å². The summed E-state index contributed by atoms with van der Waals surface area (Å²) < 4.78 is 5.72. The van der Waals surface area contributed by atoms with Gasteiger partial charge in [-0.3, -0.25) is 4.79 Å². The van der Waals surface area contributed by atoms with Gasteiger partial charge >= 0.3 is 5.97 Å². The molecule has 19 heavy (non-hydrogen) atoms. The topological polar surface area (TPSA) is 76.5 Å². The monoisotopic (exact) mass is 263 g/mol. The zero-order valence-electron chi connectivity index (χ0n) is 10.9. The summed E-state index contributed by atoms with van der Waals surface area (Å²) in [6.07, 6.45) is 5.83. The Bertz CT molecular complexity index is 492. The predicted molar refractivity (Wildman–Crippen MR) is 68.5 cm³/mol. The molecule has 1 N–H and O–H groups in total. The number of pyridine rings is 1. The molecule has 0 spiro atoms. The minimum atomic E-state index is -1.07. The molecule has 1 aliphatic carbocycles. The highest BCUT2D eigenvalue weighted by Crippen LogP contribution is 2.24. The van der Waals surface area contributed by atoms with E-state index in [4.69, 9.17) is 9.84 Å². The smallest absolute Gasteiger partial charge is 0.337 e. The molecule has 0 unspecified atom stereocenters. The molecule has 1 saturated carbocycles. The van der Waals surface area contributed by atoms with Crippen LogP contribution in [0.5, 0.6) is 5.88 Å². The molecule has 1 aromatic heterocycles. The van der Waals surface area contributed by atoms with E-state index in [2.05, 4.69) is 4.98 Å². The number of Topliss-reactive ketones (excluding diaryl/α,β-unsaturated/α-hetero) is 1. The lowest BCUT2D eigenvalue weighted by Gasteiger charge is -2.13. The van der Waals surface area contributed by atoms with Crippen LogP contribution in [0.2, 0.25) is 0 Å². The largest absolute Gasteiger partial charge is 0.478 e. The number of aromatic carboxylic acids is 1. The second kappa shape index (κ2) is 5.82. The van der Waals surface area contributed by atoms with Gasteiger partial charge in [0.1, 0.15) is 11.9 Å². The molecule has 1 heterocycles. The first-order valence-corrected chi connectivity index (χ1v) is 6.44. The normalized spacial score (nSPS) is 15.4. The van der Waals surface area contributed by atoms with E-state index >= 15 is 0 Å². The van der Waals surface area contributed by atoms with Crippen LogP contribution in [-0.4, -0.2) is 27.9 Å². The van der Waals surface area contributed by atoms with E-state index in [1.54, 1.807) is 6.07 Å². The number of ether oxygens (including phenoxy) is 1. The van der Waals surface area contributed by atoms with Crippen LogP contribution in [0.15, 0.2) is 12.3 Å². The summed E-state index contributed by atoms with van der Waals surface area (Å²) in [6.45, 7) is 1.43. The van der Waals surface area contributed by atoms with Gasteiger partial charge in [-0.15, -0.1) is 0 Å². The summed E-state index contributed by atoms with van der Waals surface area (Å²) in [7, 11) is 0. The molecule has 1 fully saturated rings. The van der Waals surface area contributed by atoms with Crippen molar-refractivity contribution in [1.29, 1.82) is 0 Å². The van der Waals surface area contributed by atoms with Crippen molar-refractivity contribution in [1.82, 2.24) is 4.98 Å². The van der Waals surface area contributed by atoms with Crippen molar-refractivity contribution in [2.24, 2.45) is 0 Å². The van der Waals surface area contributed by atoms with Crippen molar-refractivity contribution in [3.05, 3.63) is 23.4 Å². The Kier molecular flexibility index (Phi) is 4.14. The number of carboxylic acid groups (broad SMARTS) is 1. The van der Waals surface area contributed by atoms with Gasteiger partial charge < -0.3 is 9.84 Å². The molecule has 0 saturated heterocycles. The van der Waals surface area contributed by atoms with Gasteiger partial charge in [-0.1, -0.05) is 0 Å². The highest BCUT2D eigenvalue weighted by Gasteiger charge is 2.19. The number of carbonyl (C=O) groups is 2. The van der Waals surface area contributed by atoms with Crippen LogP contribution in [0.4, 0.5) is 0 Å². The molecular formula is C14H17NO4. The number of carboxylic acids is 1. The van der Waals surface area contributed by atoms with E-state index in [0.717, 1.165) is 25.7 Å². The number of hydrogen-bond acceptors (Lipinski definition) is 4. The number of nitrogens with zero attached hydrogens (tertiary/aromatic N) is 1. The Morgan fingerprint density at radius 3 is 2.68 bits per heavy atom. The van der Waals surface area contributed by atoms with E-state index in [-0.39, 0.29) is 23.9 Å². The number of aromatic nitrogens is 1. The van der Waals surface area contributed by atoms with Crippen LogP contribution in [0, 0.1) is 0 Å². The Hall–Kier alpha value is -1.91. The zero-order chi connectivity index (χ0) is 13.8. The third-order valence-corrected chi connectivity index (χ3v) is 3.22. The van der Waals surface area contributed by atoms with Crippen molar-refractivity contribution < 1.29 is 19.4 Å². The van der Waals surface area contributed by atoms with Crippen molar-refractivity contribution in [3.8, 4) is 5.88 Å². The Morgan fingerprint density at radius 1 is 1.42 bits per heavy atom. The molecule has 5 heteroatoms. The fraction of sp³-hybridized carbons (Fsp3) is 0.500. The minimum Gasteiger partial charge on any atom is -0.478 e. The lowest BCUT2D eigenvalue weighted by atomic mass is 10.1. The molecule has 5 nitrogen and oxygen atoms in total. The molecule has 102 valence electrons. The average Bonchev–Trinajstić information content (AvgIpc) is 2.80. The molecule has 0 aromatic carbocycles. The lowest BCUT2D eigenvalue weighted by Crippen LogP contribution is -2.14. The number of rotatable bonds is 5. The lowest BCUT2D eigenvalue weighted by molar-refractivity contribution is -0.116. The van der Waals surface area contributed by atoms with E-state index in [1.807, 2.05) is 0 Å². The van der Waals surface area contributed by atoms with E-state index in [9.17, 15) is 9.59 Å². The maximum absolute atomic E-state index is 11.2. The Balaban J connectivity index is 2.21. The zero-order valence-corrected chi connectivity index (χ0v) is 10.9. The molecule has 1 aromatic rings. The first-order chi connectivity index (χ1) is 9.06. The first kappa shape index (κ1) is 13.5. The van der Waals surface area contributed by atoms with Gasteiger partial charge in [0, 0.05) is 18.7 Å². The summed E-state index contributed by atoms with van der Waals surface area (Å²) in [5.74, 6) is -0.746. The summed E-state index contributed by atoms with van der Waals surface area (Å²) in [5, 5.41) is 9.06. The van der Waals surface area contributed by atoms with Gasteiger partial charge in [0.05, 0.1) is 5.56 Å². The molecule has 0 bridgehead atoms. The van der Waals surface area contributed by atoms with Crippen LogP contribution in [0.25, 0.3) is 0 Å². The molecule has 1 aliphatic rings. The number of hydrogen-bond donors (Lipinski definition) is 1. The summed E-state index contributed by atoms with van der Waals surface area (Å²) in [5.41, 5.74) is 0.525. The molecule has 2 rings (SSSR count). The van der Waals surface area contributed by atoms with Crippen LogP contribution < -0.4 is 4.74 Å². The maximum atomic E-state index is 11.2. The molecule has 0 amide bonds. The fourth-order valence-electron chi connectivity index (χ4n) is 2.32. The second-order valence-electron chi connectivity index (χ2n) is 4.89. The molecule has 0 aliphatic heterocycles. The highest BCUT2D eigenvalue weighted by atomic mass is 16.5. The first-order valence-electron chi connectivity index (χ1n) is 6.44. The summed E-state index contributed by atoms with van der Waals surface area (Å²) >= 11 is 0. The van der Waals surface area contributed by atoms with Crippen LogP contribution in [0.1, 0.15) is 48.5 Å². The summed E-state index contributed by atoms with van der Waals surface area (Å²) in [4.78, 5) is 26.3. The van der Waals surface area contributed by atoms with Crippen LogP contribution in [0.3, 0.4) is 0 Å².